The van der Waals surface area contributed by atoms with Gasteiger partial charge in [-0.15, -0.1) is 0 Å². The van der Waals surface area contributed by atoms with Crippen LogP contribution in [0.2, 0.25) is 0 Å². The highest BCUT2D eigenvalue weighted by Gasteiger charge is 2.41. The fraction of sp³-hybridized carbons (Fsp3) is 0.346. The highest BCUT2D eigenvalue weighted by Crippen LogP contribution is 2.51. The van der Waals surface area contributed by atoms with Crippen molar-refractivity contribution >= 4 is 23.6 Å². The van der Waals surface area contributed by atoms with Crippen LogP contribution in [0.25, 0.3) is 33.6 Å². The van der Waals surface area contributed by atoms with E-state index in [0.717, 1.165) is 119 Å². The number of imidazole rings is 2. The van der Waals surface area contributed by atoms with Gasteiger partial charge in [0.05, 0.1) is 35.9 Å². The number of benzene rings is 4. The highest BCUT2D eigenvalue weighted by atomic mass is 16.5. The van der Waals surface area contributed by atoms with Gasteiger partial charge in [-0.3, -0.25) is 19.2 Å². The van der Waals surface area contributed by atoms with Gasteiger partial charge in [-0.05, 0) is 86.8 Å². The van der Waals surface area contributed by atoms with E-state index in [9.17, 15) is 19.2 Å². The lowest BCUT2D eigenvalue weighted by atomic mass is 9.87. The maximum Gasteiger partial charge on any atom is 0.250 e. The molecule has 4 aliphatic heterocycles. The first-order valence-corrected chi connectivity index (χ1v) is 23.4. The van der Waals surface area contributed by atoms with E-state index in [-0.39, 0.29) is 47.5 Å². The fourth-order valence-electron chi connectivity index (χ4n) is 10.3. The minimum atomic E-state index is -0.756. The molecule has 12 rings (SSSR count). The molecule has 4 N–H and O–H groups in total. The van der Waals surface area contributed by atoms with E-state index in [1.54, 1.807) is 0 Å². The molecule has 14 nitrogen and oxygen atoms in total. The Morgan fingerprint density at radius 1 is 0.576 bits per heavy atom. The molecule has 334 valence electrons. The van der Waals surface area contributed by atoms with Crippen LogP contribution in [0, 0.1) is 11.8 Å². The van der Waals surface area contributed by atoms with E-state index in [2.05, 4.69) is 32.7 Å². The molecule has 66 heavy (non-hydrogen) atoms. The molecule has 2 saturated heterocycles. The van der Waals surface area contributed by atoms with Crippen molar-refractivity contribution in [2.75, 3.05) is 13.1 Å². The Morgan fingerprint density at radius 2 is 1.00 bits per heavy atom. The normalized spacial score (nSPS) is 20.2. The Kier molecular flexibility index (Phi) is 9.98. The number of ether oxygens (including phenoxy) is 2. The van der Waals surface area contributed by atoms with Gasteiger partial charge in [0.1, 0.15) is 48.4 Å². The largest absolute Gasteiger partial charge is 0.488 e. The molecule has 0 bridgehead atoms. The lowest BCUT2D eigenvalue weighted by Crippen LogP contribution is -2.43. The Bertz CT molecular complexity index is 2640. The van der Waals surface area contributed by atoms with Gasteiger partial charge in [-0.25, -0.2) is 9.97 Å². The molecule has 0 unspecified atom stereocenters. The number of hydrogen-bond acceptors (Lipinski definition) is 8. The molecule has 0 spiro atoms. The molecule has 0 radical (unpaired) electrons. The first-order chi connectivity index (χ1) is 32.3. The van der Waals surface area contributed by atoms with Crippen molar-refractivity contribution in [1.29, 1.82) is 0 Å². The second-order valence-corrected chi connectivity index (χ2v) is 18.6. The van der Waals surface area contributed by atoms with Gasteiger partial charge in [-0.2, -0.15) is 0 Å². The molecule has 6 aliphatic rings. The molecular weight excluding hydrogens is 833 g/mol. The van der Waals surface area contributed by atoms with E-state index in [1.807, 2.05) is 95.0 Å². The quantitative estimate of drug-likeness (QED) is 0.0964. The van der Waals surface area contributed by atoms with Gasteiger partial charge in [0, 0.05) is 58.3 Å². The van der Waals surface area contributed by atoms with Crippen molar-refractivity contribution in [3.05, 3.63) is 131 Å². The number of amides is 4. The van der Waals surface area contributed by atoms with Gasteiger partial charge >= 0.3 is 0 Å². The summed E-state index contributed by atoms with van der Waals surface area (Å²) in [6.45, 7) is 1.86. The summed E-state index contributed by atoms with van der Waals surface area (Å²) in [5.41, 5.74) is 9.06. The second-order valence-electron chi connectivity index (χ2n) is 18.6. The molecule has 2 saturated carbocycles. The van der Waals surface area contributed by atoms with Gasteiger partial charge in [0.25, 0.3) is 0 Å². The predicted molar refractivity (Wildman–Crippen MR) is 243 cm³/mol. The Hall–Kier alpha value is -7.22. The summed E-state index contributed by atoms with van der Waals surface area (Å²) in [5, 5.41) is 6.12. The molecule has 4 aromatic carbocycles. The van der Waals surface area contributed by atoms with E-state index in [0.29, 0.717) is 38.0 Å². The Balaban J connectivity index is 0.774. The van der Waals surface area contributed by atoms with E-state index < -0.39 is 12.1 Å². The number of aromatic nitrogens is 4. The molecule has 4 amide bonds. The molecule has 4 atom stereocenters. The first-order valence-electron chi connectivity index (χ1n) is 23.4. The van der Waals surface area contributed by atoms with Gasteiger partial charge in [0.2, 0.25) is 23.6 Å². The van der Waals surface area contributed by atoms with Crippen molar-refractivity contribution in [3.63, 3.8) is 0 Å². The number of aromatic amines is 2. The Morgan fingerprint density at radius 3 is 1.41 bits per heavy atom. The second kappa shape index (κ2) is 16.3. The number of nitrogens with zero attached hydrogens (tertiary/aromatic N) is 4. The van der Waals surface area contributed by atoms with Crippen LogP contribution in [-0.2, 0) is 32.4 Å². The van der Waals surface area contributed by atoms with Gasteiger partial charge < -0.3 is 39.9 Å². The van der Waals surface area contributed by atoms with Crippen molar-refractivity contribution in [1.82, 2.24) is 40.4 Å². The number of rotatable bonds is 12. The van der Waals surface area contributed by atoms with E-state index in [4.69, 9.17) is 19.4 Å². The average Bonchev–Trinajstić information content (AvgIpc) is 4.11. The predicted octanol–water partition coefficient (Wildman–Crippen LogP) is 7.78. The summed E-state index contributed by atoms with van der Waals surface area (Å²) >= 11 is 0. The summed E-state index contributed by atoms with van der Waals surface area (Å²) in [4.78, 5) is 74.8. The SMILES string of the molecule is O=C(N[C@@H](C(=O)N1CCC[C@H]1c1ncc(-c2cc3c4c(c2)OCc2cc(-c5cnc([C@@H]6CCCN6C(=O)[C@H](NC(=O)C6CC6)c6ccccc6)[nH]5)cc(c2-4)OC3)[nH]1)c1ccccc1)C1CC1. The summed E-state index contributed by atoms with van der Waals surface area (Å²) in [6.07, 6.45) is 10.3. The maximum absolute atomic E-state index is 14.2. The highest BCUT2D eigenvalue weighted by molar-refractivity contribution is 5.92. The third-order valence-corrected chi connectivity index (χ3v) is 14.1. The standard InChI is InChI=1S/C52H50N8O6/c61-49(31-15-16-31)57-45(29-9-3-1-4-10-29)51(63)59-19-7-13-39(59)47-53-25-37(55-47)33-21-35-27-66-42-24-34(22-36-28-65-41(23-33)43(35)44(36)42)38-26-54-48(56-38)40-14-8-20-60(40)52(64)46(30-11-5-2-6-12-30)58-50(62)32-17-18-32/h1-6,9-12,21-26,31-32,39-40,45-46H,7-8,13-20,27-28H2,(H,53,55)(H,54,56)(H,57,61)(H,58,62)/t39-,40-,45+,46+/m0/s1. The fourth-order valence-corrected chi connectivity index (χ4v) is 10.3. The molecule has 2 aromatic heterocycles. The number of carbonyl (C=O) groups is 4. The molecule has 6 aromatic rings. The summed E-state index contributed by atoms with van der Waals surface area (Å²) in [5.74, 6) is 2.56. The lowest BCUT2D eigenvalue weighted by Gasteiger charge is -2.30. The van der Waals surface area contributed by atoms with Crippen LogP contribution in [0.1, 0.15) is 109 Å². The number of likely N-dealkylation sites (tertiary alicyclic amines) is 2. The smallest absolute Gasteiger partial charge is 0.250 e. The summed E-state index contributed by atoms with van der Waals surface area (Å²) < 4.78 is 13.0. The molecule has 6 heterocycles. The van der Waals surface area contributed by atoms with Crippen LogP contribution in [0.15, 0.2) is 97.3 Å². The van der Waals surface area contributed by atoms with Crippen LogP contribution in [0.3, 0.4) is 0 Å². The third-order valence-electron chi connectivity index (χ3n) is 14.1. The van der Waals surface area contributed by atoms with Crippen molar-refractivity contribution in [3.8, 4) is 45.1 Å². The average molecular weight is 883 g/mol. The summed E-state index contributed by atoms with van der Waals surface area (Å²) in [6, 6.07) is 25.3. The topological polar surface area (TPSA) is 175 Å². The molecule has 14 heteroatoms. The van der Waals surface area contributed by atoms with Crippen LogP contribution >= 0.6 is 0 Å². The van der Waals surface area contributed by atoms with Crippen LogP contribution in [0.5, 0.6) is 11.5 Å². The zero-order chi connectivity index (χ0) is 44.5. The zero-order valence-corrected chi connectivity index (χ0v) is 36.4. The number of hydrogen-bond donors (Lipinski definition) is 4. The minimum Gasteiger partial charge on any atom is -0.488 e. The first kappa shape index (κ1) is 40.3. The zero-order valence-electron chi connectivity index (χ0n) is 36.4. The number of carbonyl (C=O) groups excluding carboxylic acids is 4. The lowest BCUT2D eigenvalue weighted by molar-refractivity contribution is -0.138. The van der Waals surface area contributed by atoms with E-state index >= 15 is 0 Å². The van der Waals surface area contributed by atoms with Crippen molar-refractivity contribution in [2.24, 2.45) is 11.8 Å². The molecule has 4 fully saturated rings. The third kappa shape index (κ3) is 7.37. The monoisotopic (exact) mass is 882 g/mol. The number of H-pyrrole nitrogens is 2. The number of nitrogens with one attached hydrogen (secondary N) is 4. The van der Waals surface area contributed by atoms with Crippen LogP contribution in [-0.4, -0.2) is 66.5 Å². The van der Waals surface area contributed by atoms with Crippen LogP contribution in [0.4, 0.5) is 0 Å². The van der Waals surface area contributed by atoms with Gasteiger partial charge in [0.15, 0.2) is 0 Å². The van der Waals surface area contributed by atoms with E-state index in [1.165, 1.54) is 0 Å². The summed E-state index contributed by atoms with van der Waals surface area (Å²) in [7, 11) is 0. The Labute approximate surface area is 381 Å². The van der Waals surface area contributed by atoms with Crippen molar-refractivity contribution < 1.29 is 28.7 Å². The minimum absolute atomic E-state index is 0.0148. The molecule has 2 aliphatic carbocycles. The van der Waals surface area contributed by atoms with Crippen molar-refractivity contribution in [2.45, 2.75) is 88.7 Å². The molecular formula is C52H50N8O6. The van der Waals surface area contributed by atoms with Crippen LogP contribution < -0.4 is 20.1 Å². The maximum atomic E-state index is 14.2. The van der Waals surface area contributed by atoms with Gasteiger partial charge in [-0.1, -0.05) is 60.7 Å².